The van der Waals surface area contributed by atoms with Gasteiger partial charge in [0.25, 0.3) is 0 Å². The second-order valence-corrected chi connectivity index (χ2v) is 3.74. The zero-order chi connectivity index (χ0) is 18.2. The summed E-state index contributed by atoms with van der Waals surface area (Å²) in [5.41, 5.74) is -7.56. The third-order valence-corrected chi connectivity index (χ3v) is 2.24. The van der Waals surface area contributed by atoms with Gasteiger partial charge in [-0.2, -0.15) is 43.9 Å². The van der Waals surface area contributed by atoms with Crippen molar-refractivity contribution in [3.05, 3.63) is 12.7 Å². The first-order valence-electron chi connectivity index (χ1n) is 4.83. The molecule has 0 aliphatic heterocycles. The Morgan fingerprint density at radius 1 is 0.864 bits per heavy atom. The van der Waals surface area contributed by atoms with Gasteiger partial charge in [-0.3, -0.25) is 0 Å². The van der Waals surface area contributed by atoms with Crippen LogP contribution in [0.2, 0.25) is 0 Å². The maximum absolute atomic E-state index is 13.0. The molecule has 0 N–H and O–H groups in total. The molecule has 0 bridgehead atoms. The zero-order valence-electron chi connectivity index (χ0n) is 9.97. The Hall–Kier alpha value is -1.56. The van der Waals surface area contributed by atoms with E-state index in [2.05, 4.69) is 11.3 Å². The van der Waals surface area contributed by atoms with E-state index in [1.165, 1.54) is 0 Å². The van der Waals surface area contributed by atoms with Gasteiger partial charge in [0.2, 0.25) is 0 Å². The Morgan fingerprint density at radius 3 is 1.50 bits per heavy atom. The first-order chi connectivity index (χ1) is 9.45. The summed E-state index contributed by atoms with van der Waals surface area (Å²) in [4.78, 5) is 10.4. The first kappa shape index (κ1) is 20.4. The van der Waals surface area contributed by atoms with Gasteiger partial charge in [0, 0.05) is 6.08 Å². The summed E-state index contributed by atoms with van der Waals surface area (Å²) < 4.78 is 141. The maximum Gasteiger partial charge on any atom is 0.438 e. The van der Waals surface area contributed by atoms with E-state index in [0.29, 0.717) is 0 Å². The van der Waals surface area contributed by atoms with Gasteiger partial charge in [-0.15, -0.1) is 0 Å². The van der Waals surface area contributed by atoms with Crippen molar-refractivity contribution in [3.8, 4) is 0 Å². The number of ether oxygens (including phenoxy) is 1. The molecule has 0 saturated carbocycles. The third kappa shape index (κ3) is 3.11. The van der Waals surface area contributed by atoms with E-state index in [4.69, 9.17) is 0 Å². The van der Waals surface area contributed by atoms with Gasteiger partial charge in [0.1, 0.15) is 0 Å². The van der Waals surface area contributed by atoms with Gasteiger partial charge < -0.3 is 4.74 Å². The van der Waals surface area contributed by atoms with E-state index >= 15 is 0 Å². The first-order valence-corrected chi connectivity index (χ1v) is 4.83. The molecule has 0 spiro atoms. The van der Waals surface area contributed by atoms with Crippen LogP contribution in [0.25, 0.3) is 0 Å². The monoisotopic (exact) mass is 354 g/mol. The summed E-state index contributed by atoms with van der Waals surface area (Å²) in [6.07, 6.45) is -14.7. The lowest BCUT2D eigenvalue weighted by Gasteiger charge is -2.39. The number of halogens is 11. The fraction of sp³-hybridized carbons (Fsp3) is 0.667. The van der Waals surface area contributed by atoms with Gasteiger partial charge in [-0.05, 0) is 0 Å². The number of alkyl halides is 11. The fourth-order valence-corrected chi connectivity index (χ4v) is 1.08. The Kier molecular flexibility index (Phi) is 5.18. The van der Waals surface area contributed by atoms with E-state index in [0.717, 1.165) is 0 Å². The van der Waals surface area contributed by atoms with Crippen molar-refractivity contribution in [2.24, 2.45) is 0 Å². The number of rotatable bonds is 5. The minimum atomic E-state index is -7.56. The molecule has 130 valence electrons. The van der Waals surface area contributed by atoms with Crippen LogP contribution in [0, 0.1) is 0 Å². The average molecular weight is 354 g/mol. The molecule has 0 aliphatic rings. The molecular formula is C9H5F11O2. The van der Waals surface area contributed by atoms with Crippen molar-refractivity contribution in [2.45, 2.75) is 29.9 Å². The van der Waals surface area contributed by atoms with Crippen LogP contribution in [-0.4, -0.2) is 42.4 Å². The quantitative estimate of drug-likeness (QED) is 0.426. The Morgan fingerprint density at radius 2 is 1.23 bits per heavy atom. The number of carbonyl (C=O) groups is 1. The maximum atomic E-state index is 13.0. The normalized spacial score (nSPS) is 14.7. The molecule has 0 atom stereocenters. The Balaban J connectivity index is 5.91. The molecule has 22 heavy (non-hydrogen) atoms. The van der Waals surface area contributed by atoms with Gasteiger partial charge >= 0.3 is 35.8 Å². The summed E-state index contributed by atoms with van der Waals surface area (Å²) in [6.45, 7) is -0.318. The van der Waals surface area contributed by atoms with Crippen LogP contribution in [0.1, 0.15) is 0 Å². The molecule has 0 heterocycles. The highest BCUT2D eigenvalue weighted by molar-refractivity contribution is 5.81. The van der Waals surface area contributed by atoms with Gasteiger partial charge in [-0.25, -0.2) is 9.18 Å². The van der Waals surface area contributed by atoms with Crippen molar-refractivity contribution in [1.29, 1.82) is 0 Å². The lowest BCUT2D eigenvalue weighted by Crippen LogP contribution is -2.70. The predicted molar refractivity (Wildman–Crippen MR) is 47.0 cm³/mol. The Labute approximate surface area is 114 Å². The summed E-state index contributed by atoms with van der Waals surface area (Å²) in [7, 11) is 0. The van der Waals surface area contributed by atoms with Crippen molar-refractivity contribution in [3.63, 3.8) is 0 Å². The lowest BCUT2D eigenvalue weighted by atomic mass is 9.91. The van der Waals surface area contributed by atoms with Gasteiger partial charge in [0.15, 0.2) is 6.61 Å². The van der Waals surface area contributed by atoms with Crippen LogP contribution < -0.4 is 0 Å². The molecule has 2 nitrogen and oxygen atoms in total. The molecule has 0 amide bonds. The predicted octanol–water partition coefficient (Wildman–Crippen LogP) is 3.82. The second kappa shape index (κ2) is 5.57. The number of carbonyl (C=O) groups excluding carboxylic acids is 1. The topological polar surface area (TPSA) is 26.3 Å². The SMILES string of the molecule is C=CC(=O)OCC(F)(F)C(F)(F)C(F)(C(F)(F)F)C(F)(F)F. The summed E-state index contributed by atoms with van der Waals surface area (Å²) in [6, 6.07) is 0. The van der Waals surface area contributed by atoms with Crippen LogP contribution in [0.4, 0.5) is 48.3 Å². The number of hydrogen-bond acceptors (Lipinski definition) is 2. The number of esters is 1. The number of hydrogen-bond donors (Lipinski definition) is 0. The van der Waals surface area contributed by atoms with E-state index in [-0.39, 0.29) is 6.08 Å². The van der Waals surface area contributed by atoms with E-state index in [9.17, 15) is 53.1 Å². The molecule has 0 aromatic heterocycles. The van der Waals surface area contributed by atoms with Crippen molar-refractivity contribution in [1.82, 2.24) is 0 Å². The molecule has 0 radical (unpaired) electrons. The van der Waals surface area contributed by atoms with Crippen LogP contribution in [0.3, 0.4) is 0 Å². The summed E-state index contributed by atoms with van der Waals surface area (Å²) in [5, 5.41) is 0. The third-order valence-electron chi connectivity index (χ3n) is 2.24. The van der Waals surface area contributed by atoms with E-state index in [1.54, 1.807) is 0 Å². The van der Waals surface area contributed by atoms with Gasteiger partial charge in [0.05, 0.1) is 0 Å². The highest BCUT2D eigenvalue weighted by atomic mass is 19.4. The highest BCUT2D eigenvalue weighted by Crippen LogP contribution is 2.59. The van der Waals surface area contributed by atoms with E-state index < -0.39 is 42.4 Å². The standard InChI is InChI=1S/C9H5F11O2/c1-2-4(21)22-3-5(10,11)7(13,14)6(12,8(15,16)17)9(18,19)20/h2H,1,3H2. The molecule has 0 fully saturated rings. The highest BCUT2D eigenvalue weighted by Gasteiger charge is 2.90. The smallest absolute Gasteiger partial charge is 0.438 e. The van der Waals surface area contributed by atoms with Gasteiger partial charge in [-0.1, -0.05) is 6.58 Å². The van der Waals surface area contributed by atoms with Crippen LogP contribution in [0.15, 0.2) is 12.7 Å². The lowest BCUT2D eigenvalue weighted by molar-refractivity contribution is -0.428. The van der Waals surface area contributed by atoms with Crippen molar-refractivity contribution < 1.29 is 57.8 Å². The minimum absolute atomic E-state index is 0.116. The molecule has 0 aromatic rings. The van der Waals surface area contributed by atoms with Crippen LogP contribution in [0.5, 0.6) is 0 Å². The molecule has 13 heteroatoms. The summed E-state index contributed by atoms with van der Waals surface area (Å²) in [5.74, 6) is -15.5. The average Bonchev–Trinajstić information content (AvgIpc) is 2.31. The van der Waals surface area contributed by atoms with Crippen LogP contribution in [-0.2, 0) is 9.53 Å². The van der Waals surface area contributed by atoms with Crippen molar-refractivity contribution >= 4 is 5.97 Å². The zero-order valence-corrected chi connectivity index (χ0v) is 9.97. The van der Waals surface area contributed by atoms with E-state index in [1.807, 2.05) is 0 Å². The molecular weight excluding hydrogens is 349 g/mol. The van der Waals surface area contributed by atoms with Crippen LogP contribution >= 0.6 is 0 Å². The molecule has 0 aliphatic carbocycles. The van der Waals surface area contributed by atoms with Crippen molar-refractivity contribution in [2.75, 3.05) is 6.61 Å². The largest absolute Gasteiger partial charge is 0.456 e. The second-order valence-electron chi connectivity index (χ2n) is 3.74. The Bertz CT molecular complexity index is 420. The minimum Gasteiger partial charge on any atom is -0.456 e. The molecule has 0 saturated heterocycles. The fourth-order valence-electron chi connectivity index (χ4n) is 1.08. The molecule has 0 unspecified atom stereocenters. The molecule has 0 rings (SSSR count). The molecule has 0 aromatic carbocycles. The summed E-state index contributed by atoms with van der Waals surface area (Å²) >= 11 is 0.